The van der Waals surface area contributed by atoms with Gasteiger partial charge in [-0.3, -0.25) is 0 Å². The number of nitrogen functional groups attached to an aromatic ring is 1. The molecule has 0 aromatic heterocycles. The highest BCUT2D eigenvalue weighted by atomic mass is 19.1. The fourth-order valence-corrected chi connectivity index (χ4v) is 1.41. The van der Waals surface area contributed by atoms with E-state index in [4.69, 9.17) is 10.5 Å². The maximum Gasteiger partial charge on any atom is 0.149 e. The molecule has 88 valence electrons. The van der Waals surface area contributed by atoms with E-state index in [1.54, 1.807) is 24.3 Å². The van der Waals surface area contributed by atoms with Crippen LogP contribution in [0.5, 0.6) is 5.75 Å². The van der Waals surface area contributed by atoms with Gasteiger partial charge in [-0.25, -0.2) is 8.78 Å². The number of nitrogens with two attached hydrogens (primary N) is 1. The molecule has 0 unspecified atom stereocenters. The minimum absolute atomic E-state index is 0.0142. The normalized spacial score (nSPS) is 10.2. The van der Waals surface area contributed by atoms with E-state index in [1.165, 1.54) is 18.2 Å². The number of ether oxygens (including phenoxy) is 1. The number of rotatable bonds is 3. The van der Waals surface area contributed by atoms with Crippen LogP contribution in [0.4, 0.5) is 14.5 Å². The summed E-state index contributed by atoms with van der Waals surface area (Å²) in [6.07, 6.45) is 0. The second-order valence-corrected chi connectivity index (χ2v) is 3.53. The summed E-state index contributed by atoms with van der Waals surface area (Å²) >= 11 is 0. The molecule has 0 saturated carbocycles. The Morgan fingerprint density at radius 2 is 1.65 bits per heavy atom. The zero-order valence-electron chi connectivity index (χ0n) is 8.99. The zero-order valence-corrected chi connectivity index (χ0v) is 8.99. The van der Waals surface area contributed by atoms with Crippen molar-refractivity contribution in [2.45, 2.75) is 6.61 Å². The molecule has 0 amide bonds. The first kappa shape index (κ1) is 11.4. The number of benzene rings is 2. The number of para-hydroxylation sites is 1. The summed E-state index contributed by atoms with van der Waals surface area (Å²) in [5.41, 5.74) is 5.82. The van der Waals surface area contributed by atoms with Crippen molar-refractivity contribution in [1.29, 1.82) is 0 Å². The molecule has 4 heteroatoms. The highest BCUT2D eigenvalue weighted by Crippen LogP contribution is 2.24. The maximum absolute atomic E-state index is 13.3. The Kier molecular flexibility index (Phi) is 3.23. The van der Waals surface area contributed by atoms with Crippen molar-refractivity contribution >= 4 is 5.69 Å². The first-order chi connectivity index (χ1) is 8.18. The lowest BCUT2D eigenvalue weighted by Crippen LogP contribution is -2.01. The van der Waals surface area contributed by atoms with Crippen LogP contribution in [0.3, 0.4) is 0 Å². The van der Waals surface area contributed by atoms with Crippen molar-refractivity contribution < 1.29 is 13.5 Å². The summed E-state index contributed by atoms with van der Waals surface area (Å²) in [5, 5.41) is 0. The molecule has 0 saturated heterocycles. The van der Waals surface area contributed by atoms with Gasteiger partial charge in [0.2, 0.25) is 0 Å². The summed E-state index contributed by atoms with van der Waals surface area (Å²) in [4.78, 5) is 0. The summed E-state index contributed by atoms with van der Waals surface area (Å²) in [6.45, 7) is 0.0142. The van der Waals surface area contributed by atoms with Crippen LogP contribution in [0.15, 0.2) is 42.5 Å². The number of halogens is 2. The van der Waals surface area contributed by atoms with E-state index in [-0.39, 0.29) is 23.9 Å². The van der Waals surface area contributed by atoms with E-state index in [9.17, 15) is 8.78 Å². The molecule has 2 aromatic carbocycles. The molecule has 2 N–H and O–H groups in total. The minimum atomic E-state index is -0.545. The molecule has 0 spiro atoms. The molecular formula is C13H11F2NO. The zero-order chi connectivity index (χ0) is 12.3. The maximum atomic E-state index is 13.3. The first-order valence-electron chi connectivity index (χ1n) is 5.08. The van der Waals surface area contributed by atoms with Crippen LogP contribution in [-0.4, -0.2) is 0 Å². The molecule has 0 fully saturated rings. The lowest BCUT2D eigenvalue weighted by atomic mass is 10.2. The Morgan fingerprint density at radius 1 is 0.941 bits per heavy atom. The van der Waals surface area contributed by atoms with Crippen LogP contribution in [0.25, 0.3) is 0 Å². The van der Waals surface area contributed by atoms with Gasteiger partial charge < -0.3 is 10.5 Å². The molecular weight excluding hydrogens is 224 g/mol. The standard InChI is InChI=1S/C13H11F2NO/c14-10-5-2-1-4-9(10)8-17-12-7-3-6-11(15)13(12)16/h1-7H,8,16H2. The van der Waals surface area contributed by atoms with Crippen molar-refractivity contribution in [3.8, 4) is 5.75 Å². The number of hydrogen-bond acceptors (Lipinski definition) is 2. The van der Waals surface area contributed by atoms with Gasteiger partial charge in [0.05, 0.1) is 0 Å². The van der Waals surface area contributed by atoms with Crippen LogP contribution < -0.4 is 10.5 Å². The number of anilines is 1. The fraction of sp³-hybridized carbons (Fsp3) is 0.0769. The van der Waals surface area contributed by atoms with Crippen molar-refractivity contribution in [3.05, 3.63) is 59.7 Å². The van der Waals surface area contributed by atoms with Gasteiger partial charge >= 0.3 is 0 Å². The lowest BCUT2D eigenvalue weighted by Gasteiger charge is -2.09. The summed E-state index contributed by atoms with van der Waals surface area (Å²) in [6, 6.07) is 10.5. The SMILES string of the molecule is Nc1c(F)cccc1OCc1ccccc1F. The van der Waals surface area contributed by atoms with Crippen LogP contribution in [-0.2, 0) is 6.61 Å². The quantitative estimate of drug-likeness (QED) is 0.829. The van der Waals surface area contributed by atoms with Gasteiger partial charge in [-0.15, -0.1) is 0 Å². The van der Waals surface area contributed by atoms with E-state index >= 15 is 0 Å². The third kappa shape index (κ3) is 2.53. The van der Waals surface area contributed by atoms with Crippen LogP contribution in [0.1, 0.15) is 5.56 Å². The molecule has 0 aliphatic heterocycles. The Labute approximate surface area is 97.6 Å². The second kappa shape index (κ2) is 4.82. The van der Waals surface area contributed by atoms with E-state index in [1.807, 2.05) is 0 Å². The van der Waals surface area contributed by atoms with Crippen LogP contribution >= 0.6 is 0 Å². The molecule has 0 aliphatic carbocycles. The first-order valence-corrected chi connectivity index (χ1v) is 5.08. The van der Waals surface area contributed by atoms with E-state index in [0.29, 0.717) is 5.56 Å². The summed E-state index contributed by atoms with van der Waals surface area (Å²) in [7, 11) is 0. The monoisotopic (exact) mass is 235 g/mol. The average molecular weight is 235 g/mol. The van der Waals surface area contributed by atoms with Gasteiger partial charge in [-0.05, 0) is 18.2 Å². The topological polar surface area (TPSA) is 35.2 Å². The van der Waals surface area contributed by atoms with Gasteiger partial charge in [-0.2, -0.15) is 0 Å². The third-order valence-electron chi connectivity index (χ3n) is 2.35. The van der Waals surface area contributed by atoms with Crippen LogP contribution in [0.2, 0.25) is 0 Å². The Bertz CT molecular complexity index is 529. The Balaban J connectivity index is 2.13. The smallest absolute Gasteiger partial charge is 0.149 e. The molecule has 2 nitrogen and oxygen atoms in total. The molecule has 2 aromatic rings. The van der Waals surface area contributed by atoms with Crippen molar-refractivity contribution in [2.75, 3.05) is 5.73 Å². The predicted molar refractivity (Wildman–Crippen MR) is 61.5 cm³/mol. The van der Waals surface area contributed by atoms with Gasteiger partial charge in [0.1, 0.15) is 29.7 Å². The van der Waals surface area contributed by atoms with Gasteiger partial charge in [0.25, 0.3) is 0 Å². The molecule has 0 atom stereocenters. The molecule has 0 aliphatic rings. The van der Waals surface area contributed by atoms with E-state index in [2.05, 4.69) is 0 Å². The molecule has 0 heterocycles. The lowest BCUT2D eigenvalue weighted by molar-refractivity contribution is 0.300. The summed E-state index contributed by atoms with van der Waals surface area (Å²) in [5.74, 6) is -0.688. The van der Waals surface area contributed by atoms with Crippen molar-refractivity contribution in [3.63, 3.8) is 0 Å². The number of hydrogen-bond donors (Lipinski definition) is 1. The molecule has 0 radical (unpaired) electrons. The highest BCUT2D eigenvalue weighted by molar-refractivity contribution is 5.53. The van der Waals surface area contributed by atoms with Gasteiger partial charge in [0.15, 0.2) is 0 Å². The molecule has 0 bridgehead atoms. The minimum Gasteiger partial charge on any atom is -0.487 e. The van der Waals surface area contributed by atoms with Crippen molar-refractivity contribution in [1.82, 2.24) is 0 Å². The Hall–Kier alpha value is -2.10. The van der Waals surface area contributed by atoms with Gasteiger partial charge in [-0.1, -0.05) is 24.3 Å². The van der Waals surface area contributed by atoms with Crippen LogP contribution in [0, 0.1) is 11.6 Å². The fourth-order valence-electron chi connectivity index (χ4n) is 1.41. The largest absolute Gasteiger partial charge is 0.487 e. The molecule has 2 rings (SSSR count). The Morgan fingerprint density at radius 3 is 2.41 bits per heavy atom. The van der Waals surface area contributed by atoms with E-state index < -0.39 is 5.82 Å². The second-order valence-electron chi connectivity index (χ2n) is 3.53. The highest BCUT2D eigenvalue weighted by Gasteiger charge is 2.07. The van der Waals surface area contributed by atoms with Gasteiger partial charge in [0, 0.05) is 5.56 Å². The third-order valence-corrected chi connectivity index (χ3v) is 2.35. The van der Waals surface area contributed by atoms with E-state index in [0.717, 1.165) is 0 Å². The average Bonchev–Trinajstić information content (AvgIpc) is 2.33. The predicted octanol–water partition coefficient (Wildman–Crippen LogP) is 3.13. The summed E-state index contributed by atoms with van der Waals surface area (Å²) < 4.78 is 31.7. The van der Waals surface area contributed by atoms with Crippen molar-refractivity contribution in [2.24, 2.45) is 0 Å². The molecule has 17 heavy (non-hydrogen) atoms.